The number of phenols is 1. The maximum Gasteiger partial charge on any atom is 0.258 e. The molecule has 7 nitrogen and oxygen atoms in total. The molecule has 0 aliphatic rings. The van der Waals surface area contributed by atoms with Gasteiger partial charge in [-0.25, -0.2) is 4.98 Å². The van der Waals surface area contributed by atoms with Crippen molar-refractivity contribution in [3.05, 3.63) is 94.3 Å². The fraction of sp³-hybridized carbons (Fsp3) is 0.125. The van der Waals surface area contributed by atoms with Crippen LogP contribution in [0.3, 0.4) is 0 Å². The van der Waals surface area contributed by atoms with Gasteiger partial charge in [0.05, 0.1) is 5.71 Å². The number of nitrogens with two attached hydrogens (primary N) is 1. The van der Waals surface area contributed by atoms with Crippen LogP contribution < -0.4 is 15.8 Å². The van der Waals surface area contributed by atoms with Crippen LogP contribution in [-0.2, 0) is 11.3 Å². The first-order valence-electron chi connectivity index (χ1n) is 9.78. The summed E-state index contributed by atoms with van der Waals surface area (Å²) in [5, 5.41) is 21.0. The zero-order valence-corrected chi connectivity index (χ0v) is 18.2. The minimum Gasteiger partial charge on any atom is -0.508 e. The second kappa shape index (κ2) is 10.5. The number of phenolic OH excluding ortho intramolecular Hbond substituents is 1. The number of aromatic nitrogens is 1. The summed E-state index contributed by atoms with van der Waals surface area (Å²) in [5.41, 5.74) is 9.68. The molecule has 0 aliphatic carbocycles. The molecule has 0 aliphatic heterocycles. The highest BCUT2D eigenvalue weighted by Gasteiger charge is 2.06. The van der Waals surface area contributed by atoms with Crippen molar-refractivity contribution in [2.45, 2.75) is 13.5 Å². The molecule has 0 spiro atoms. The molecular weight excluding hydrogens is 428 g/mol. The second-order valence-corrected chi connectivity index (χ2v) is 7.48. The SMILES string of the molecule is Cc1cc(C(=N)/C=C(\N)c2ccc(OCC(=O)NCc3ccc(Cl)nc3)cc2)ccc1O. The van der Waals surface area contributed by atoms with Crippen molar-refractivity contribution in [1.82, 2.24) is 10.3 Å². The Morgan fingerprint density at radius 2 is 1.91 bits per heavy atom. The third-order valence-electron chi connectivity index (χ3n) is 4.64. The Balaban J connectivity index is 1.52. The monoisotopic (exact) mass is 450 g/mol. The van der Waals surface area contributed by atoms with Gasteiger partial charge in [-0.1, -0.05) is 17.7 Å². The number of pyridine rings is 1. The van der Waals surface area contributed by atoms with Gasteiger partial charge in [0, 0.05) is 18.4 Å². The summed E-state index contributed by atoms with van der Waals surface area (Å²) in [6.45, 7) is 1.97. The van der Waals surface area contributed by atoms with Crippen LogP contribution in [0.15, 0.2) is 66.9 Å². The van der Waals surface area contributed by atoms with Gasteiger partial charge in [0.2, 0.25) is 0 Å². The van der Waals surface area contributed by atoms with E-state index < -0.39 is 0 Å². The third kappa shape index (κ3) is 6.33. The summed E-state index contributed by atoms with van der Waals surface area (Å²) in [7, 11) is 0. The zero-order valence-electron chi connectivity index (χ0n) is 17.4. The molecule has 0 bridgehead atoms. The number of carbonyl (C=O) groups is 1. The molecule has 32 heavy (non-hydrogen) atoms. The van der Waals surface area contributed by atoms with Crippen LogP contribution in [0.2, 0.25) is 5.15 Å². The van der Waals surface area contributed by atoms with E-state index in [2.05, 4.69) is 10.3 Å². The average Bonchev–Trinajstić information content (AvgIpc) is 2.79. The Bertz CT molecular complexity index is 1140. The maximum absolute atomic E-state index is 12.0. The molecule has 1 amide bonds. The van der Waals surface area contributed by atoms with Crippen LogP contribution >= 0.6 is 11.6 Å². The summed E-state index contributed by atoms with van der Waals surface area (Å²) in [6, 6.07) is 15.3. The number of nitrogens with zero attached hydrogens (tertiary/aromatic N) is 1. The van der Waals surface area contributed by atoms with E-state index in [-0.39, 0.29) is 24.0 Å². The maximum atomic E-state index is 12.0. The third-order valence-corrected chi connectivity index (χ3v) is 4.87. The van der Waals surface area contributed by atoms with Crippen molar-refractivity contribution in [3.8, 4) is 11.5 Å². The molecule has 5 N–H and O–H groups in total. The molecule has 3 aromatic rings. The number of aryl methyl sites for hydroxylation is 1. The molecule has 3 rings (SSSR count). The predicted molar refractivity (Wildman–Crippen MR) is 125 cm³/mol. The highest BCUT2D eigenvalue weighted by Crippen LogP contribution is 2.20. The van der Waals surface area contributed by atoms with E-state index in [0.29, 0.717) is 34.3 Å². The fourth-order valence-corrected chi connectivity index (χ4v) is 2.91. The topological polar surface area (TPSA) is 121 Å². The number of hydrogen-bond donors (Lipinski definition) is 4. The molecule has 1 heterocycles. The first kappa shape index (κ1) is 22.8. The lowest BCUT2D eigenvalue weighted by atomic mass is 10.0. The van der Waals surface area contributed by atoms with Gasteiger partial charge in [0.25, 0.3) is 5.91 Å². The standard InChI is InChI=1S/C24H23ClN4O3/c1-15-10-18(5-8-22(15)30)21(27)11-20(26)17-3-6-19(7-4-17)32-14-24(31)29-13-16-2-9-23(25)28-12-16/h2-12,27,30H,13-14,26H2,1H3,(H,29,31)/b20-11-,27-21?. The molecule has 0 atom stereocenters. The fourth-order valence-electron chi connectivity index (χ4n) is 2.80. The van der Waals surface area contributed by atoms with Crippen molar-refractivity contribution < 1.29 is 14.6 Å². The number of allylic oxidation sites excluding steroid dienone is 1. The number of benzene rings is 2. The Labute approximate surface area is 191 Å². The van der Waals surface area contributed by atoms with E-state index in [1.54, 1.807) is 73.8 Å². The molecule has 0 unspecified atom stereocenters. The second-order valence-electron chi connectivity index (χ2n) is 7.09. The van der Waals surface area contributed by atoms with E-state index in [4.69, 9.17) is 27.5 Å². The van der Waals surface area contributed by atoms with Crippen molar-refractivity contribution in [3.63, 3.8) is 0 Å². The summed E-state index contributed by atoms with van der Waals surface area (Å²) in [5.74, 6) is 0.444. The van der Waals surface area contributed by atoms with Crippen molar-refractivity contribution >= 4 is 28.9 Å². The number of halogens is 1. The highest BCUT2D eigenvalue weighted by molar-refractivity contribution is 6.29. The Morgan fingerprint density at radius 3 is 2.56 bits per heavy atom. The van der Waals surface area contributed by atoms with Crippen LogP contribution in [0.4, 0.5) is 0 Å². The first-order valence-corrected chi connectivity index (χ1v) is 10.2. The highest BCUT2D eigenvalue weighted by atomic mass is 35.5. The lowest BCUT2D eigenvalue weighted by molar-refractivity contribution is -0.123. The van der Waals surface area contributed by atoms with Gasteiger partial charge >= 0.3 is 0 Å². The van der Waals surface area contributed by atoms with Gasteiger partial charge in [0.1, 0.15) is 16.7 Å². The average molecular weight is 451 g/mol. The number of nitrogens with one attached hydrogen (secondary N) is 2. The van der Waals surface area contributed by atoms with Crippen LogP contribution in [0.5, 0.6) is 11.5 Å². The summed E-state index contributed by atoms with van der Waals surface area (Å²) in [4.78, 5) is 15.9. The van der Waals surface area contributed by atoms with E-state index in [1.165, 1.54) is 0 Å². The number of amides is 1. The van der Waals surface area contributed by atoms with E-state index >= 15 is 0 Å². The lowest BCUT2D eigenvalue weighted by Crippen LogP contribution is -2.28. The van der Waals surface area contributed by atoms with Gasteiger partial charge < -0.3 is 26.3 Å². The molecule has 0 radical (unpaired) electrons. The summed E-state index contributed by atoms with van der Waals surface area (Å²) >= 11 is 5.74. The van der Waals surface area contributed by atoms with Crippen LogP contribution in [0.1, 0.15) is 22.3 Å². The molecule has 8 heteroatoms. The minimum atomic E-state index is -0.263. The van der Waals surface area contributed by atoms with Crippen molar-refractivity contribution in [1.29, 1.82) is 5.41 Å². The van der Waals surface area contributed by atoms with E-state index in [0.717, 1.165) is 11.1 Å². The Morgan fingerprint density at radius 1 is 1.19 bits per heavy atom. The van der Waals surface area contributed by atoms with Gasteiger partial charge in [-0.05, 0) is 83.8 Å². The van der Waals surface area contributed by atoms with Gasteiger partial charge in [-0.3, -0.25) is 4.79 Å². The smallest absolute Gasteiger partial charge is 0.258 e. The van der Waals surface area contributed by atoms with E-state index in [9.17, 15) is 9.90 Å². The molecular formula is C24H23ClN4O3. The van der Waals surface area contributed by atoms with E-state index in [1.807, 2.05) is 0 Å². The lowest BCUT2D eigenvalue weighted by Gasteiger charge is -2.09. The van der Waals surface area contributed by atoms with Gasteiger partial charge in [-0.2, -0.15) is 0 Å². The molecule has 0 saturated carbocycles. The molecule has 1 aromatic heterocycles. The summed E-state index contributed by atoms with van der Waals surface area (Å²) < 4.78 is 5.51. The van der Waals surface area contributed by atoms with Crippen molar-refractivity contribution in [2.75, 3.05) is 6.61 Å². The van der Waals surface area contributed by atoms with Crippen molar-refractivity contribution in [2.24, 2.45) is 5.73 Å². The number of hydrogen-bond acceptors (Lipinski definition) is 6. The molecule has 0 fully saturated rings. The number of carbonyl (C=O) groups excluding carboxylic acids is 1. The molecule has 0 saturated heterocycles. The predicted octanol–water partition coefficient (Wildman–Crippen LogP) is 3.81. The Hall–Kier alpha value is -3.84. The number of ether oxygens (including phenoxy) is 1. The van der Waals surface area contributed by atoms with Crippen LogP contribution in [0.25, 0.3) is 5.70 Å². The van der Waals surface area contributed by atoms with Crippen LogP contribution in [-0.4, -0.2) is 28.3 Å². The van der Waals surface area contributed by atoms with Gasteiger partial charge in [0.15, 0.2) is 6.61 Å². The number of aromatic hydroxyl groups is 1. The first-order chi connectivity index (χ1) is 15.3. The Kier molecular flexibility index (Phi) is 7.46. The minimum absolute atomic E-state index is 0.128. The summed E-state index contributed by atoms with van der Waals surface area (Å²) in [6.07, 6.45) is 3.16. The molecule has 164 valence electrons. The quantitative estimate of drug-likeness (QED) is 0.307. The van der Waals surface area contributed by atoms with Gasteiger partial charge in [-0.15, -0.1) is 0 Å². The van der Waals surface area contributed by atoms with Crippen LogP contribution in [0, 0.1) is 12.3 Å². The number of rotatable bonds is 8. The molecule has 2 aromatic carbocycles. The normalized spacial score (nSPS) is 11.1. The zero-order chi connectivity index (χ0) is 23.1. The largest absolute Gasteiger partial charge is 0.508 e.